The Morgan fingerprint density at radius 1 is 1.17 bits per heavy atom. The number of oxazole rings is 1. The number of hydrogen-bond acceptors (Lipinski definition) is 6. The van der Waals surface area contributed by atoms with Gasteiger partial charge in [0.1, 0.15) is 17.1 Å². The van der Waals surface area contributed by atoms with Crippen molar-refractivity contribution in [3.63, 3.8) is 0 Å². The van der Waals surface area contributed by atoms with Crippen LogP contribution in [0.4, 0.5) is 0 Å². The van der Waals surface area contributed by atoms with Crippen LogP contribution in [-0.2, 0) is 6.42 Å². The van der Waals surface area contributed by atoms with Gasteiger partial charge in [0.05, 0.1) is 26.3 Å². The van der Waals surface area contributed by atoms with Gasteiger partial charge in [-0.05, 0) is 42.7 Å². The van der Waals surface area contributed by atoms with Crippen molar-refractivity contribution in [2.24, 2.45) is 0 Å². The Bertz CT molecular complexity index is 1000. The Morgan fingerprint density at radius 3 is 2.77 bits per heavy atom. The number of hydrogen-bond donors (Lipinski definition) is 0. The zero-order valence-corrected chi connectivity index (χ0v) is 17.2. The lowest BCUT2D eigenvalue weighted by molar-refractivity contribution is 0.0693. The second kappa shape index (κ2) is 8.98. The van der Waals surface area contributed by atoms with Gasteiger partial charge in [0, 0.05) is 25.7 Å². The van der Waals surface area contributed by atoms with Crippen LogP contribution in [0.25, 0.3) is 0 Å². The fourth-order valence-corrected chi connectivity index (χ4v) is 3.79. The van der Waals surface area contributed by atoms with E-state index in [1.807, 2.05) is 29.2 Å². The van der Waals surface area contributed by atoms with Gasteiger partial charge in [-0.2, -0.15) is 0 Å². The van der Waals surface area contributed by atoms with Gasteiger partial charge in [-0.1, -0.05) is 12.1 Å². The summed E-state index contributed by atoms with van der Waals surface area (Å²) < 4.78 is 16.5. The number of methoxy groups -OCH3 is 2. The summed E-state index contributed by atoms with van der Waals surface area (Å²) in [7, 11) is 3.18. The SMILES string of the molecule is COc1ccc(Cc2cnc([C@H]3CCCN(C(=O)c4cccnc4OC)C3)o2)cc1. The first-order valence-electron chi connectivity index (χ1n) is 10.0. The van der Waals surface area contributed by atoms with Crippen molar-refractivity contribution in [3.05, 3.63) is 71.6 Å². The number of pyridine rings is 1. The van der Waals surface area contributed by atoms with Crippen LogP contribution in [0.1, 0.15) is 46.3 Å². The van der Waals surface area contributed by atoms with Crippen LogP contribution in [0.2, 0.25) is 0 Å². The summed E-state index contributed by atoms with van der Waals surface area (Å²) in [6, 6.07) is 11.4. The highest BCUT2D eigenvalue weighted by Gasteiger charge is 2.29. The highest BCUT2D eigenvalue weighted by molar-refractivity contribution is 5.96. The van der Waals surface area contributed by atoms with Gasteiger partial charge in [-0.25, -0.2) is 9.97 Å². The van der Waals surface area contributed by atoms with E-state index in [1.165, 1.54) is 7.11 Å². The van der Waals surface area contributed by atoms with Crippen LogP contribution < -0.4 is 9.47 Å². The molecule has 1 aliphatic rings. The van der Waals surface area contributed by atoms with E-state index in [0.29, 0.717) is 36.8 Å². The van der Waals surface area contributed by atoms with Crippen molar-refractivity contribution in [2.45, 2.75) is 25.2 Å². The molecule has 0 aliphatic carbocycles. The molecule has 0 radical (unpaired) electrons. The molecule has 0 saturated carbocycles. The highest BCUT2D eigenvalue weighted by Crippen LogP contribution is 2.29. The normalized spacial score (nSPS) is 16.3. The molecule has 3 aromatic rings. The number of ether oxygens (including phenoxy) is 2. The molecule has 0 spiro atoms. The highest BCUT2D eigenvalue weighted by atomic mass is 16.5. The van der Waals surface area contributed by atoms with Crippen LogP contribution in [0.3, 0.4) is 0 Å². The Morgan fingerprint density at radius 2 is 2.00 bits per heavy atom. The van der Waals surface area contributed by atoms with Crippen LogP contribution in [0.15, 0.2) is 53.2 Å². The summed E-state index contributed by atoms with van der Waals surface area (Å²) in [4.78, 5) is 23.5. The molecule has 156 valence electrons. The van der Waals surface area contributed by atoms with Gasteiger partial charge in [0.2, 0.25) is 5.88 Å². The monoisotopic (exact) mass is 407 g/mol. The molecule has 1 amide bonds. The minimum absolute atomic E-state index is 0.0744. The molecule has 4 rings (SSSR count). The number of rotatable bonds is 6. The standard InChI is InChI=1S/C23H25N3O4/c1-28-18-9-7-16(8-10-18)13-19-14-25-21(30-19)17-5-4-12-26(15-17)23(27)20-6-3-11-24-22(20)29-2/h3,6-11,14,17H,4-5,12-13,15H2,1-2H3/t17-/m0/s1. The van der Waals surface area contributed by atoms with Gasteiger partial charge in [-0.15, -0.1) is 0 Å². The van der Waals surface area contributed by atoms with Crippen molar-refractivity contribution >= 4 is 5.91 Å². The van der Waals surface area contributed by atoms with Gasteiger partial charge in [0.25, 0.3) is 5.91 Å². The molecule has 1 fully saturated rings. The maximum Gasteiger partial charge on any atom is 0.259 e. The minimum atomic E-state index is -0.0744. The zero-order valence-electron chi connectivity index (χ0n) is 17.2. The molecule has 2 aromatic heterocycles. The minimum Gasteiger partial charge on any atom is -0.497 e. The average molecular weight is 407 g/mol. The third-order valence-electron chi connectivity index (χ3n) is 5.36. The molecule has 0 unspecified atom stereocenters. The Labute approximate surface area is 175 Å². The van der Waals surface area contributed by atoms with Crippen molar-refractivity contribution < 1.29 is 18.7 Å². The van der Waals surface area contributed by atoms with E-state index in [0.717, 1.165) is 29.9 Å². The predicted octanol–water partition coefficient (Wildman–Crippen LogP) is 3.70. The third kappa shape index (κ3) is 4.30. The largest absolute Gasteiger partial charge is 0.497 e. The van der Waals surface area contributed by atoms with E-state index in [1.54, 1.807) is 31.6 Å². The number of carbonyl (C=O) groups is 1. The van der Waals surface area contributed by atoms with Crippen LogP contribution >= 0.6 is 0 Å². The fourth-order valence-electron chi connectivity index (χ4n) is 3.79. The van der Waals surface area contributed by atoms with Crippen molar-refractivity contribution in [1.29, 1.82) is 0 Å². The lowest BCUT2D eigenvalue weighted by atomic mass is 9.97. The summed E-state index contributed by atoms with van der Waals surface area (Å²) in [5.41, 5.74) is 1.61. The number of nitrogens with zero attached hydrogens (tertiary/aromatic N) is 3. The maximum absolute atomic E-state index is 13.0. The van der Waals surface area contributed by atoms with E-state index >= 15 is 0 Å². The molecule has 30 heavy (non-hydrogen) atoms. The van der Waals surface area contributed by atoms with Crippen molar-refractivity contribution in [1.82, 2.24) is 14.9 Å². The van der Waals surface area contributed by atoms with Gasteiger partial charge in [0.15, 0.2) is 5.89 Å². The summed E-state index contributed by atoms with van der Waals surface area (Å²) in [5.74, 6) is 2.68. The molecule has 1 aromatic carbocycles. The first-order chi connectivity index (χ1) is 14.7. The molecule has 0 bridgehead atoms. The first kappa shape index (κ1) is 19.9. The van der Waals surface area contributed by atoms with Crippen LogP contribution in [0.5, 0.6) is 11.6 Å². The van der Waals surface area contributed by atoms with Crippen molar-refractivity contribution in [2.75, 3.05) is 27.3 Å². The first-order valence-corrected chi connectivity index (χ1v) is 10.0. The summed E-state index contributed by atoms with van der Waals surface area (Å²) in [6.07, 6.45) is 5.90. The van der Waals surface area contributed by atoms with Gasteiger partial charge >= 0.3 is 0 Å². The number of likely N-dealkylation sites (tertiary alicyclic amines) is 1. The maximum atomic E-state index is 13.0. The fraction of sp³-hybridized carbons (Fsp3) is 0.348. The molecule has 7 nitrogen and oxygen atoms in total. The Balaban J connectivity index is 1.44. The molecule has 1 saturated heterocycles. The molecular weight excluding hydrogens is 382 g/mol. The lowest BCUT2D eigenvalue weighted by Crippen LogP contribution is -2.39. The quantitative estimate of drug-likeness (QED) is 0.620. The average Bonchev–Trinajstić information content (AvgIpc) is 3.27. The van der Waals surface area contributed by atoms with E-state index in [2.05, 4.69) is 9.97 Å². The number of carbonyl (C=O) groups excluding carboxylic acids is 1. The van der Waals surface area contributed by atoms with Gasteiger partial charge in [-0.3, -0.25) is 4.79 Å². The Hall–Kier alpha value is -3.35. The topological polar surface area (TPSA) is 77.7 Å². The smallest absolute Gasteiger partial charge is 0.259 e. The van der Waals surface area contributed by atoms with E-state index in [4.69, 9.17) is 13.9 Å². The summed E-state index contributed by atoms with van der Waals surface area (Å²) in [5, 5.41) is 0. The number of aromatic nitrogens is 2. The van der Waals surface area contributed by atoms with Crippen LogP contribution in [0, 0.1) is 0 Å². The molecule has 1 atom stereocenters. The molecule has 0 N–H and O–H groups in total. The zero-order chi connectivity index (χ0) is 20.9. The third-order valence-corrected chi connectivity index (χ3v) is 5.36. The predicted molar refractivity (Wildman–Crippen MR) is 111 cm³/mol. The van der Waals surface area contributed by atoms with E-state index in [-0.39, 0.29) is 11.8 Å². The van der Waals surface area contributed by atoms with E-state index in [9.17, 15) is 4.79 Å². The number of benzene rings is 1. The van der Waals surface area contributed by atoms with Gasteiger partial charge < -0.3 is 18.8 Å². The molecular formula is C23H25N3O4. The number of piperidine rings is 1. The number of amides is 1. The summed E-state index contributed by atoms with van der Waals surface area (Å²) >= 11 is 0. The Kier molecular flexibility index (Phi) is 5.97. The molecule has 3 heterocycles. The molecule has 1 aliphatic heterocycles. The molecule has 7 heteroatoms. The second-order valence-electron chi connectivity index (χ2n) is 7.34. The van der Waals surface area contributed by atoms with Crippen molar-refractivity contribution in [3.8, 4) is 11.6 Å². The van der Waals surface area contributed by atoms with E-state index < -0.39 is 0 Å². The van der Waals surface area contributed by atoms with Crippen LogP contribution in [-0.4, -0.2) is 48.1 Å². The summed E-state index contributed by atoms with van der Waals surface area (Å²) in [6.45, 7) is 1.27. The second-order valence-corrected chi connectivity index (χ2v) is 7.34. The lowest BCUT2D eigenvalue weighted by Gasteiger charge is -2.31.